The summed E-state index contributed by atoms with van der Waals surface area (Å²) in [6.07, 6.45) is 5.26. The molecule has 0 fully saturated rings. The van der Waals surface area contributed by atoms with E-state index in [4.69, 9.17) is 11.6 Å². The molecule has 1 heterocycles. The second-order valence-electron chi connectivity index (χ2n) is 3.51. The predicted molar refractivity (Wildman–Crippen MR) is 69.8 cm³/mol. The van der Waals surface area contributed by atoms with Crippen LogP contribution in [0.3, 0.4) is 0 Å². The molecule has 1 rings (SSSR count). The van der Waals surface area contributed by atoms with Crippen molar-refractivity contribution in [1.29, 1.82) is 0 Å². The Hall–Kier alpha value is -0.310. The summed E-state index contributed by atoms with van der Waals surface area (Å²) in [7, 11) is 0. The van der Waals surface area contributed by atoms with Gasteiger partial charge in [0.15, 0.2) is 0 Å². The topological polar surface area (TPSA) is 12.0 Å². The lowest BCUT2D eigenvalue weighted by Crippen LogP contribution is -2.21. The molecule has 0 bridgehead atoms. The molecule has 1 unspecified atom stereocenters. The summed E-state index contributed by atoms with van der Waals surface area (Å²) in [5, 5.41) is 3.54. The third-order valence-corrected chi connectivity index (χ3v) is 3.58. The van der Waals surface area contributed by atoms with Crippen molar-refractivity contribution in [3.63, 3.8) is 0 Å². The van der Waals surface area contributed by atoms with Gasteiger partial charge in [0.05, 0.1) is 4.34 Å². The lowest BCUT2D eigenvalue weighted by atomic mass is 10.1. The molecule has 1 atom stereocenters. The molecule has 0 aliphatic rings. The zero-order chi connectivity index (χ0) is 11.1. The largest absolute Gasteiger partial charge is 0.309 e. The van der Waals surface area contributed by atoms with Crippen molar-refractivity contribution >= 4 is 22.9 Å². The van der Waals surface area contributed by atoms with Crippen LogP contribution in [0, 0.1) is 0 Å². The smallest absolute Gasteiger partial charge is 0.0931 e. The summed E-state index contributed by atoms with van der Waals surface area (Å²) < 4.78 is 0.868. The molecule has 0 saturated heterocycles. The average molecular weight is 244 g/mol. The van der Waals surface area contributed by atoms with Crippen molar-refractivity contribution in [3.8, 4) is 0 Å². The number of rotatable bonds is 7. The lowest BCUT2D eigenvalue weighted by molar-refractivity contribution is 0.510. The van der Waals surface area contributed by atoms with Gasteiger partial charge in [0.1, 0.15) is 0 Å². The molecule has 1 aromatic rings. The number of hydrogen-bond donors (Lipinski definition) is 1. The summed E-state index contributed by atoms with van der Waals surface area (Å²) in [6, 6.07) is 4.51. The number of halogens is 1. The number of allylic oxidation sites excluding steroid dienone is 1. The van der Waals surface area contributed by atoms with Crippen LogP contribution < -0.4 is 5.32 Å². The Kier molecular flexibility index (Phi) is 5.99. The van der Waals surface area contributed by atoms with Crippen LogP contribution in [-0.4, -0.2) is 6.54 Å². The molecule has 84 valence electrons. The van der Waals surface area contributed by atoms with Gasteiger partial charge in [-0.3, -0.25) is 0 Å². The van der Waals surface area contributed by atoms with E-state index in [0.717, 1.165) is 30.1 Å². The minimum atomic E-state index is 0.431. The average Bonchev–Trinajstić information content (AvgIpc) is 2.65. The van der Waals surface area contributed by atoms with Crippen LogP contribution in [0.2, 0.25) is 4.34 Å². The predicted octanol–water partition coefficient (Wildman–Crippen LogP) is 4.41. The van der Waals surface area contributed by atoms with Gasteiger partial charge in [-0.15, -0.1) is 17.9 Å². The zero-order valence-electron chi connectivity index (χ0n) is 9.13. The molecule has 3 heteroatoms. The van der Waals surface area contributed by atoms with Crippen molar-refractivity contribution in [2.75, 3.05) is 6.54 Å². The SMILES string of the molecule is C=CCCC(NCCC)c1ccc(Cl)s1. The van der Waals surface area contributed by atoms with E-state index in [1.807, 2.05) is 12.1 Å². The van der Waals surface area contributed by atoms with Crippen molar-refractivity contribution < 1.29 is 0 Å². The van der Waals surface area contributed by atoms with Crippen LogP contribution in [0.25, 0.3) is 0 Å². The lowest BCUT2D eigenvalue weighted by Gasteiger charge is -2.15. The summed E-state index contributed by atoms with van der Waals surface area (Å²) in [6.45, 7) is 6.99. The van der Waals surface area contributed by atoms with E-state index in [0.29, 0.717) is 6.04 Å². The third-order valence-electron chi connectivity index (χ3n) is 2.24. The summed E-state index contributed by atoms with van der Waals surface area (Å²) in [4.78, 5) is 1.33. The van der Waals surface area contributed by atoms with Gasteiger partial charge in [-0.1, -0.05) is 24.6 Å². The van der Waals surface area contributed by atoms with Crippen LogP contribution in [0.4, 0.5) is 0 Å². The van der Waals surface area contributed by atoms with Crippen molar-refractivity contribution in [1.82, 2.24) is 5.32 Å². The first-order chi connectivity index (χ1) is 7.27. The van der Waals surface area contributed by atoms with Crippen LogP contribution in [0.5, 0.6) is 0 Å². The molecular weight excluding hydrogens is 226 g/mol. The van der Waals surface area contributed by atoms with Gasteiger partial charge in [-0.25, -0.2) is 0 Å². The molecule has 0 aliphatic carbocycles. The molecule has 0 radical (unpaired) electrons. The maximum absolute atomic E-state index is 5.94. The first-order valence-electron chi connectivity index (χ1n) is 5.37. The normalized spacial score (nSPS) is 12.7. The minimum Gasteiger partial charge on any atom is -0.309 e. The highest BCUT2D eigenvalue weighted by atomic mass is 35.5. The van der Waals surface area contributed by atoms with Gasteiger partial charge in [0.25, 0.3) is 0 Å². The maximum atomic E-state index is 5.94. The van der Waals surface area contributed by atoms with Crippen molar-refractivity contribution in [3.05, 3.63) is 34.0 Å². The Morgan fingerprint density at radius 1 is 1.60 bits per heavy atom. The molecule has 0 amide bonds. The van der Waals surface area contributed by atoms with Gasteiger partial charge in [-0.05, 0) is 37.9 Å². The number of thiophene rings is 1. The second kappa shape index (κ2) is 7.04. The highest BCUT2D eigenvalue weighted by Gasteiger charge is 2.11. The van der Waals surface area contributed by atoms with Crippen LogP contribution >= 0.6 is 22.9 Å². The Bertz CT molecular complexity index is 296. The first-order valence-corrected chi connectivity index (χ1v) is 6.57. The van der Waals surface area contributed by atoms with Crippen molar-refractivity contribution in [2.45, 2.75) is 32.2 Å². The molecule has 15 heavy (non-hydrogen) atoms. The first kappa shape index (κ1) is 12.8. The van der Waals surface area contributed by atoms with Crippen molar-refractivity contribution in [2.24, 2.45) is 0 Å². The highest BCUT2D eigenvalue weighted by Crippen LogP contribution is 2.29. The Morgan fingerprint density at radius 2 is 2.40 bits per heavy atom. The summed E-state index contributed by atoms with van der Waals surface area (Å²) in [5.41, 5.74) is 0. The molecule has 0 spiro atoms. The second-order valence-corrected chi connectivity index (χ2v) is 5.26. The minimum absolute atomic E-state index is 0.431. The monoisotopic (exact) mass is 243 g/mol. The van der Waals surface area contributed by atoms with Crippen LogP contribution in [0.15, 0.2) is 24.8 Å². The molecule has 0 aromatic carbocycles. The number of hydrogen-bond acceptors (Lipinski definition) is 2. The maximum Gasteiger partial charge on any atom is 0.0931 e. The molecule has 0 saturated carbocycles. The fourth-order valence-corrected chi connectivity index (χ4v) is 2.63. The van der Waals surface area contributed by atoms with E-state index in [1.54, 1.807) is 11.3 Å². The highest BCUT2D eigenvalue weighted by molar-refractivity contribution is 7.16. The van der Waals surface area contributed by atoms with Gasteiger partial charge in [0.2, 0.25) is 0 Å². The van der Waals surface area contributed by atoms with E-state index in [2.05, 4.69) is 24.9 Å². The molecule has 0 aliphatic heterocycles. The van der Waals surface area contributed by atoms with E-state index >= 15 is 0 Å². The van der Waals surface area contributed by atoms with Crippen LogP contribution in [0.1, 0.15) is 37.1 Å². The van der Waals surface area contributed by atoms with Gasteiger partial charge >= 0.3 is 0 Å². The van der Waals surface area contributed by atoms with Crippen LogP contribution in [-0.2, 0) is 0 Å². The zero-order valence-corrected chi connectivity index (χ0v) is 10.7. The molecule has 1 aromatic heterocycles. The Morgan fingerprint density at radius 3 is 2.93 bits per heavy atom. The van der Waals surface area contributed by atoms with Gasteiger partial charge in [0, 0.05) is 10.9 Å². The molecule has 1 N–H and O–H groups in total. The number of nitrogens with one attached hydrogen (secondary N) is 1. The Balaban J connectivity index is 2.58. The third kappa shape index (κ3) is 4.37. The summed E-state index contributed by atoms with van der Waals surface area (Å²) in [5.74, 6) is 0. The van der Waals surface area contributed by atoms with E-state index in [1.165, 1.54) is 4.88 Å². The van der Waals surface area contributed by atoms with E-state index < -0.39 is 0 Å². The molecular formula is C12H18ClNS. The van der Waals surface area contributed by atoms with E-state index in [-0.39, 0.29) is 0 Å². The fraction of sp³-hybridized carbons (Fsp3) is 0.500. The summed E-state index contributed by atoms with van der Waals surface area (Å²) >= 11 is 7.61. The Labute approximate surface area is 101 Å². The standard InChI is InChI=1S/C12H18ClNS/c1-3-5-6-10(14-9-4-2)11-7-8-12(13)15-11/h3,7-8,10,14H,1,4-6,9H2,2H3. The van der Waals surface area contributed by atoms with Gasteiger partial charge < -0.3 is 5.32 Å². The fourth-order valence-electron chi connectivity index (χ4n) is 1.46. The van der Waals surface area contributed by atoms with E-state index in [9.17, 15) is 0 Å². The van der Waals surface area contributed by atoms with Gasteiger partial charge in [-0.2, -0.15) is 0 Å². The molecule has 1 nitrogen and oxygen atoms in total. The quantitative estimate of drug-likeness (QED) is 0.700.